The van der Waals surface area contributed by atoms with Gasteiger partial charge in [0.25, 0.3) is 0 Å². The van der Waals surface area contributed by atoms with Gasteiger partial charge in [0.2, 0.25) is 0 Å². The van der Waals surface area contributed by atoms with E-state index in [1.54, 1.807) is 19.1 Å². The van der Waals surface area contributed by atoms with Gasteiger partial charge in [0.15, 0.2) is 0 Å². The van der Waals surface area contributed by atoms with Crippen molar-refractivity contribution in [1.82, 2.24) is 0 Å². The Labute approximate surface area is 87.5 Å². The summed E-state index contributed by atoms with van der Waals surface area (Å²) in [5.74, 6) is 0.357. The minimum absolute atomic E-state index is 0.196. The molecule has 0 saturated heterocycles. The van der Waals surface area contributed by atoms with Crippen LogP contribution >= 0.6 is 0 Å². The summed E-state index contributed by atoms with van der Waals surface area (Å²) in [5.41, 5.74) is 7.92. The predicted molar refractivity (Wildman–Crippen MR) is 58.5 cm³/mol. The third-order valence-corrected chi connectivity index (χ3v) is 2.41. The lowest BCUT2D eigenvalue weighted by atomic mass is 10.0. The van der Waals surface area contributed by atoms with Gasteiger partial charge in [-0.15, -0.1) is 5.10 Å². The number of nitrogens with two attached hydrogens (primary N) is 1. The third-order valence-electron chi connectivity index (χ3n) is 2.41. The van der Waals surface area contributed by atoms with E-state index >= 15 is 0 Å². The van der Waals surface area contributed by atoms with E-state index in [4.69, 9.17) is 5.73 Å². The molecule has 1 aliphatic rings. The van der Waals surface area contributed by atoms with Gasteiger partial charge in [0.1, 0.15) is 11.7 Å². The molecule has 1 aromatic rings. The normalized spacial score (nSPS) is 15.9. The second kappa shape index (κ2) is 3.81. The highest BCUT2D eigenvalue weighted by Gasteiger charge is 2.10. The third kappa shape index (κ3) is 2.03. The molecule has 0 spiro atoms. The van der Waals surface area contributed by atoms with E-state index in [0.717, 1.165) is 24.1 Å². The van der Waals surface area contributed by atoms with Crippen molar-refractivity contribution in [2.45, 2.75) is 19.8 Å². The Bertz CT molecular complexity index is 449. The lowest BCUT2D eigenvalue weighted by molar-refractivity contribution is 0.618. The molecule has 0 radical (unpaired) electrons. The van der Waals surface area contributed by atoms with Crippen molar-refractivity contribution in [3.05, 3.63) is 35.1 Å². The van der Waals surface area contributed by atoms with Crippen LogP contribution in [-0.4, -0.2) is 11.5 Å². The molecular weight excluding hydrogens is 193 g/mol. The van der Waals surface area contributed by atoms with Crippen molar-refractivity contribution in [3.63, 3.8) is 0 Å². The van der Waals surface area contributed by atoms with Crippen molar-refractivity contribution in [2.75, 3.05) is 0 Å². The van der Waals surface area contributed by atoms with Crippen molar-refractivity contribution in [3.8, 4) is 0 Å². The van der Waals surface area contributed by atoms with E-state index in [2.05, 4.69) is 10.2 Å². The molecule has 2 N–H and O–H groups in total. The maximum atomic E-state index is 13.0. The van der Waals surface area contributed by atoms with Gasteiger partial charge < -0.3 is 5.73 Å². The maximum Gasteiger partial charge on any atom is 0.126 e. The van der Waals surface area contributed by atoms with Crippen molar-refractivity contribution < 1.29 is 4.39 Å². The van der Waals surface area contributed by atoms with E-state index in [-0.39, 0.29) is 5.82 Å². The Balaban J connectivity index is 2.35. The van der Waals surface area contributed by atoms with Gasteiger partial charge in [0, 0.05) is 6.42 Å². The fraction of sp³-hybridized carbons (Fsp3) is 0.273. The molecule has 2 rings (SSSR count). The number of rotatable bonds is 1. The van der Waals surface area contributed by atoms with Crippen molar-refractivity contribution in [1.29, 1.82) is 0 Å². The highest BCUT2D eigenvalue weighted by molar-refractivity contribution is 6.04. The number of nitrogens with zero attached hydrogens (tertiary/aromatic N) is 2. The zero-order chi connectivity index (χ0) is 10.8. The van der Waals surface area contributed by atoms with Crippen LogP contribution in [0.3, 0.4) is 0 Å². The molecular formula is C11H12FN3. The molecule has 15 heavy (non-hydrogen) atoms. The van der Waals surface area contributed by atoms with Crippen LogP contribution in [0.2, 0.25) is 0 Å². The highest BCUT2D eigenvalue weighted by atomic mass is 19.1. The summed E-state index contributed by atoms with van der Waals surface area (Å²) in [6.07, 6.45) is 1.48. The molecule has 0 amide bonds. The first-order valence-electron chi connectivity index (χ1n) is 4.82. The van der Waals surface area contributed by atoms with Crippen LogP contribution in [0, 0.1) is 12.7 Å². The maximum absolute atomic E-state index is 13.0. The summed E-state index contributed by atoms with van der Waals surface area (Å²) in [6, 6.07) is 4.96. The summed E-state index contributed by atoms with van der Waals surface area (Å²) < 4.78 is 13.0. The van der Waals surface area contributed by atoms with E-state index < -0.39 is 0 Å². The standard InChI is InChI=1S/C11H12FN3/c1-7-6-8(2-3-9(7)12)10-4-5-11(13)15-14-10/h2-3,6H,4-5H2,1H3,(H2,13,15). The Morgan fingerprint density at radius 2 is 2.07 bits per heavy atom. The smallest absolute Gasteiger partial charge is 0.126 e. The van der Waals surface area contributed by atoms with Crippen LogP contribution in [0.25, 0.3) is 0 Å². The van der Waals surface area contributed by atoms with Gasteiger partial charge in [-0.2, -0.15) is 5.10 Å². The topological polar surface area (TPSA) is 50.7 Å². The van der Waals surface area contributed by atoms with Crippen LogP contribution < -0.4 is 5.73 Å². The lowest BCUT2D eigenvalue weighted by Gasteiger charge is -2.10. The minimum Gasteiger partial charge on any atom is -0.386 e. The molecule has 1 aromatic carbocycles. The SMILES string of the molecule is Cc1cc(C2=NN=C(N)CC2)ccc1F. The van der Waals surface area contributed by atoms with Gasteiger partial charge >= 0.3 is 0 Å². The Morgan fingerprint density at radius 1 is 1.27 bits per heavy atom. The molecule has 0 fully saturated rings. The van der Waals surface area contributed by atoms with E-state index in [1.165, 1.54) is 6.07 Å². The lowest BCUT2D eigenvalue weighted by Crippen LogP contribution is -2.17. The van der Waals surface area contributed by atoms with Crippen LogP contribution in [0.15, 0.2) is 28.4 Å². The molecule has 4 heteroatoms. The van der Waals surface area contributed by atoms with Gasteiger partial charge in [-0.1, -0.05) is 6.07 Å². The van der Waals surface area contributed by atoms with Crippen molar-refractivity contribution in [2.24, 2.45) is 15.9 Å². The first-order chi connectivity index (χ1) is 7.16. The summed E-state index contributed by atoms with van der Waals surface area (Å²) in [6.45, 7) is 1.74. The molecule has 0 unspecified atom stereocenters. The Morgan fingerprint density at radius 3 is 2.67 bits per heavy atom. The number of amidine groups is 1. The predicted octanol–water partition coefficient (Wildman–Crippen LogP) is 1.99. The number of halogens is 1. The monoisotopic (exact) mass is 205 g/mol. The number of benzene rings is 1. The van der Waals surface area contributed by atoms with Gasteiger partial charge in [-0.05, 0) is 36.6 Å². The van der Waals surface area contributed by atoms with Crippen LogP contribution in [0.4, 0.5) is 4.39 Å². The number of hydrogen-bond donors (Lipinski definition) is 1. The van der Waals surface area contributed by atoms with Gasteiger partial charge in [0.05, 0.1) is 5.71 Å². The molecule has 0 saturated carbocycles. The van der Waals surface area contributed by atoms with Crippen LogP contribution in [0.5, 0.6) is 0 Å². The number of aryl methyl sites for hydroxylation is 1. The fourth-order valence-corrected chi connectivity index (χ4v) is 1.50. The quantitative estimate of drug-likeness (QED) is 0.748. The summed E-state index contributed by atoms with van der Waals surface area (Å²) in [5, 5.41) is 7.84. The van der Waals surface area contributed by atoms with Crippen LogP contribution in [0.1, 0.15) is 24.0 Å². The first-order valence-corrected chi connectivity index (χ1v) is 4.82. The summed E-state index contributed by atoms with van der Waals surface area (Å²) in [7, 11) is 0. The zero-order valence-corrected chi connectivity index (χ0v) is 8.50. The average molecular weight is 205 g/mol. The van der Waals surface area contributed by atoms with Gasteiger partial charge in [-0.3, -0.25) is 0 Å². The molecule has 0 aromatic heterocycles. The van der Waals surface area contributed by atoms with E-state index in [0.29, 0.717) is 11.4 Å². The first kappa shape index (κ1) is 9.83. The van der Waals surface area contributed by atoms with E-state index in [9.17, 15) is 4.39 Å². The average Bonchev–Trinajstić information content (AvgIpc) is 2.23. The van der Waals surface area contributed by atoms with E-state index in [1.807, 2.05) is 0 Å². The summed E-state index contributed by atoms with van der Waals surface area (Å²) in [4.78, 5) is 0. The Hall–Kier alpha value is -1.71. The molecule has 3 nitrogen and oxygen atoms in total. The second-order valence-electron chi connectivity index (χ2n) is 3.60. The Kier molecular flexibility index (Phi) is 2.49. The molecule has 0 aliphatic carbocycles. The molecule has 1 aliphatic heterocycles. The minimum atomic E-state index is -0.196. The summed E-state index contributed by atoms with van der Waals surface area (Å²) >= 11 is 0. The highest BCUT2D eigenvalue weighted by Crippen LogP contribution is 2.14. The largest absolute Gasteiger partial charge is 0.386 e. The van der Waals surface area contributed by atoms with Crippen molar-refractivity contribution >= 4 is 11.5 Å². The number of hydrogen-bond acceptors (Lipinski definition) is 3. The van der Waals surface area contributed by atoms with Crippen LogP contribution in [-0.2, 0) is 0 Å². The molecule has 78 valence electrons. The second-order valence-corrected chi connectivity index (χ2v) is 3.60. The van der Waals surface area contributed by atoms with Gasteiger partial charge in [-0.25, -0.2) is 4.39 Å². The molecule has 1 heterocycles. The zero-order valence-electron chi connectivity index (χ0n) is 8.50. The molecule has 0 bridgehead atoms. The fourth-order valence-electron chi connectivity index (χ4n) is 1.50. The molecule has 0 atom stereocenters.